The predicted octanol–water partition coefficient (Wildman–Crippen LogP) is 1.83. The van der Waals surface area contributed by atoms with Gasteiger partial charge in [-0.25, -0.2) is 0 Å². The number of likely N-dealkylation sites (tertiary alicyclic amines) is 1. The molecule has 0 bridgehead atoms. The van der Waals surface area contributed by atoms with Gasteiger partial charge in [0.05, 0.1) is 24.5 Å². The van der Waals surface area contributed by atoms with Gasteiger partial charge in [-0.05, 0) is 44.2 Å². The number of hydrogen-bond acceptors (Lipinski definition) is 4. The second-order valence-electron chi connectivity index (χ2n) is 6.78. The summed E-state index contributed by atoms with van der Waals surface area (Å²) in [6.07, 6.45) is 5.85. The van der Waals surface area contributed by atoms with Crippen molar-refractivity contribution in [1.82, 2.24) is 10.2 Å². The van der Waals surface area contributed by atoms with Crippen molar-refractivity contribution in [3.05, 3.63) is 24.3 Å². The monoisotopic (exact) mass is 344 g/mol. The summed E-state index contributed by atoms with van der Waals surface area (Å²) in [4.78, 5) is 28.2. The van der Waals surface area contributed by atoms with Crippen molar-refractivity contribution in [2.45, 2.75) is 32.1 Å². The highest BCUT2D eigenvalue weighted by atomic mass is 16.2. The standard InChI is InChI=1S/C19H28N4O2/c24-18(21-15-19(25)23-12-6-7-13-23)14-20-16-8-2-3-9-17(16)22-10-4-1-5-11-22/h2-3,8-9,20H,1,4-7,10-15H2,(H,21,24). The highest BCUT2D eigenvalue weighted by molar-refractivity contribution is 5.87. The molecular weight excluding hydrogens is 316 g/mol. The van der Waals surface area contributed by atoms with Crippen molar-refractivity contribution in [3.8, 4) is 0 Å². The predicted molar refractivity (Wildman–Crippen MR) is 99.8 cm³/mol. The maximum absolute atomic E-state index is 12.1. The van der Waals surface area contributed by atoms with Gasteiger partial charge in [-0.2, -0.15) is 0 Å². The molecule has 2 saturated heterocycles. The van der Waals surface area contributed by atoms with E-state index in [1.165, 1.54) is 19.3 Å². The summed E-state index contributed by atoms with van der Waals surface area (Å²) in [5.41, 5.74) is 2.13. The Morgan fingerprint density at radius 2 is 1.56 bits per heavy atom. The van der Waals surface area contributed by atoms with E-state index in [9.17, 15) is 9.59 Å². The molecule has 0 unspecified atom stereocenters. The third-order valence-electron chi connectivity index (χ3n) is 4.94. The lowest BCUT2D eigenvalue weighted by atomic mass is 10.1. The van der Waals surface area contributed by atoms with Crippen molar-refractivity contribution in [2.24, 2.45) is 0 Å². The highest BCUT2D eigenvalue weighted by Crippen LogP contribution is 2.27. The van der Waals surface area contributed by atoms with Crippen LogP contribution in [0.25, 0.3) is 0 Å². The lowest BCUT2D eigenvalue weighted by molar-refractivity contribution is -0.131. The number of benzene rings is 1. The number of carbonyl (C=O) groups is 2. The first-order chi connectivity index (χ1) is 12.2. The topological polar surface area (TPSA) is 64.7 Å². The highest BCUT2D eigenvalue weighted by Gasteiger charge is 2.18. The Morgan fingerprint density at radius 3 is 2.32 bits per heavy atom. The van der Waals surface area contributed by atoms with Crippen molar-refractivity contribution < 1.29 is 9.59 Å². The fourth-order valence-corrected chi connectivity index (χ4v) is 3.52. The van der Waals surface area contributed by atoms with Crippen molar-refractivity contribution in [1.29, 1.82) is 0 Å². The number of rotatable bonds is 6. The fraction of sp³-hybridized carbons (Fsp3) is 0.579. The summed E-state index contributed by atoms with van der Waals surface area (Å²) in [5.74, 6) is -0.138. The van der Waals surface area contributed by atoms with Crippen LogP contribution in [-0.2, 0) is 9.59 Å². The van der Waals surface area contributed by atoms with E-state index in [0.29, 0.717) is 0 Å². The van der Waals surface area contributed by atoms with Crippen molar-refractivity contribution in [2.75, 3.05) is 49.5 Å². The second kappa shape index (κ2) is 8.74. The molecule has 2 aliphatic heterocycles. The molecule has 6 heteroatoms. The molecular formula is C19H28N4O2. The average Bonchev–Trinajstić information content (AvgIpc) is 3.20. The van der Waals surface area contributed by atoms with E-state index in [0.717, 1.165) is 50.4 Å². The van der Waals surface area contributed by atoms with Crippen LogP contribution in [0, 0.1) is 0 Å². The summed E-state index contributed by atoms with van der Waals surface area (Å²) in [7, 11) is 0. The zero-order chi connectivity index (χ0) is 17.5. The molecule has 2 amide bonds. The molecule has 25 heavy (non-hydrogen) atoms. The molecule has 3 rings (SSSR count). The van der Waals surface area contributed by atoms with Crippen LogP contribution in [0.2, 0.25) is 0 Å². The summed E-state index contributed by atoms with van der Waals surface area (Å²) in [6.45, 7) is 4.03. The molecule has 2 fully saturated rings. The van der Waals surface area contributed by atoms with Crippen molar-refractivity contribution in [3.63, 3.8) is 0 Å². The van der Waals surface area contributed by atoms with Crippen LogP contribution in [-0.4, -0.2) is 56.0 Å². The van der Waals surface area contributed by atoms with E-state index in [2.05, 4.69) is 21.6 Å². The van der Waals surface area contributed by atoms with Crippen LogP contribution in [0.4, 0.5) is 11.4 Å². The fourth-order valence-electron chi connectivity index (χ4n) is 3.52. The molecule has 0 aliphatic carbocycles. The normalized spacial score (nSPS) is 17.4. The van der Waals surface area contributed by atoms with Gasteiger partial charge in [0.15, 0.2) is 0 Å². The smallest absolute Gasteiger partial charge is 0.241 e. The van der Waals surface area contributed by atoms with Crippen LogP contribution in [0.3, 0.4) is 0 Å². The van der Waals surface area contributed by atoms with E-state index < -0.39 is 0 Å². The molecule has 0 aromatic heterocycles. The third-order valence-corrected chi connectivity index (χ3v) is 4.94. The van der Waals surface area contributed by atoms with Gasteiger partial charge < -0.3 is 20.4 Å². The first kappa shape index (κ1) is 17.6. The molecule has 2 heterocycles. The Kier molecular flexibility index (Phi) is 6.14. The summed E-state index contributed by atoms with van der Waals surface area (Å²) in [5, 5.41) is 5.95. The molecule has 0 radical (unpaired) electrons. The minimum Gasteiger partial charge on any atom is -0.374 e. The number of nitrogens with one attached hydrogen (secondary N) is 2. The zero-order valence-corrected chi connectivity index (χ0v) is 14.8. The van der Waals surface area contributed by atoms with Gasteiger partial charge in [-0.15, -0.1) is 0 Å². The van der Waals surface area contributed by atoms with E-state index in [-0.39, 0.29) is 24.9 Å². The van der Waals surface area contributed by atoms with Gasteiger partial charge in [0.25, 0.3) is 0 Å². The van der Waals surface area contributed by atoms with Gasteiger partial charge >= 0.3 is 0 Å². The maximum atomic E-state index is 12.1. The summed E-state index contributed by atoms with van der Waals surface area (Å²) >= 11 is 0. The van der Waals surface area contributed by atoms with Gasteiger partial charge in [0.2, 0.25) is 11.8 Å². The van der Waals surface area contributed by atoms with Gasteiger partial charge in [0, 0.05) is 26.2 Å². The molecule has 1 aromatic carbocycles. The van der Waals surface area contributed by atoms with Crippen molar-refractivity contribution >= 4 is 23.2 Å². The van der Waals surface area contributed by atoms with Crippen LogP contribution in [0.5, 0.6) is 0 Å². The Labute approximate surface area is 149 Å². The van der Waals surface area contributed by atoms with E-state index in [1.807, 2.05) is 23.1 Å². The van der Waals surface area contributed by atoms with Gasteiger partial charge in [0.1, 0.15) is 0 Å². The lowest BCUT2D eigenvalue weighted by Gasteiger charge is -2.30. The molecule has 0 spiro atoms. The number of nitrogens with zero attached hydrogens (tertiary/aromatic N) is 2. The Morgan fingerprint density at radius 1 is 0.880 bits per heavy atom. The molecule has 0 saturated carbocycles. The summed E-state index contributed by atoms with van der Waals surface area (Å²) in [6, 6.07) is 8.11. The molecule has 2 N–H and O–H groups in total. The maximum Gasteiger partial charge on any atom is 0.241 e. The quantitative estimate of drug-likeness (QED) is 0.826. The van der Waals surface area contributed by atoms with Crippen LogP contribution in [0.1, 0.15) is 32.1 Å². The Bertz CT molecular complexity index is 593. The largest absolute Gasteiger partial charge is 0.374 e. The lowest BCUT2D eigenvalue weighted by Crippen LogP contribution is -2.40. The zero-order valence-electron chi connectivity index (χ0n) is 14.8. The number of piperidine rings is 1. The molecule has 0 atom stereocenters. The molecule has 2 aliphatic rings. The van der Waals surface area contributed by atoms with Crippen LogP contribution < -0.4 is 15.5 Å². The third kappa shape index (κ3) is 4.87. The minimum absolute atomic E-state index is 0.0135. The Hall–Kier alpha value is -2.24. The minimum atomic E-state index is -0.152. The number of carbonyl (C=O) groups excluding carboxylic acids is 2. The number of anilines is 2. The molecule has 6 nitrogen and oxygen atoms in total. The van der Waals surface area contributed by atoms with E-state index >= 15 is 0 Å². The molecule has 1 aromatic rings. The Balaban J connectivity index is 1.47. The number of hydrogen-bond donors (Lipinski definition) is 2. The van der Waals surface area contributed by atoms with Gasteiger partial charge in [-0.1, -0.05) is 12.1 Å². The van der Waals surface area contributed by atoms with Crippen LogP contribution in [0.15, 0.2) is 24.3 Å². The second-order valence-corrected chi connectivity index (χ2v) is 6.78. The summed E-state index contributed by atoms with van der Waals surface area (Å²) < 4.78 is 0. The number of amides is 2. The SMILES string of the molecule is O=C(CNc1ccccc1N1CCCCC1)NCC(=O)N1CCCC1. The number of para-hydroxylation sites is 2. The van der Waals surface area contributed by atoms with E-state index in [1.54, 1.807) is 0 Å². The molecule has 136 valence electrons. The van der Waals surface area contributed by atoms with E-state index in [4.69, 9.17) is 0 Å². The first-order valence-electron chi connectivity index (χ1n) is 9.36. The average molecular weight is 344 g/mol. The first-order valence-corrected chi connectivity index (χ1v) is 9.36. The van der Waals surface area contributed by atoms with Gasteiger partial charge in [-0.3, -0.25) is 9.59 Å². The van der Waals surface area contributed by atoms with Crippen LogP contribution >= 0.6 is 0 Å².